The third-order valence-electron chi connectivity index (χ3n) is 6.65. The second-order valence-corrected chi connectivity index (χ2v) is 10.0. The standard InChI is InChI=1S/C12H13N3O2.C12H24O2.C6H6/c16-9-7-8(13-1-2-13)12(17)11(15-5-6-15)10(9)14-3-4-14;1-2-3-4-5-6-7-8-9-10-11-12(13)14;1-2-4-6-5-3-1/h7H,1-6H2;2-11H2,1H3,(H,13,14);1-6H. The van der Waals surface area contributed by atoms with Gasteiger partial charge in [0.25, 0.3) is 0 Å². The van der Waals surface area contributed by atoms with Crippen molar-refractivity contribution in [1.29, 1.82) is 0 Å². The van der Waals surface area contributed by atoms with Crippen LogP contribution in [-0.2, 0) is 14.4 Å². The molecule has 1 N–H and O–H groups in total. The molecule has 0 bridgehead atoms. The number of benzene rings is 1. The molecule has 0 unspecified atom stereocenters. The number of hydrogen-bond donors (Lipinski definition) is 1. The van der Waals surface area contributed by atoms with Gasteiger partial charge < -0.3 is 19.8 Å². The monoisotopic (exact) mass is 509 g/mol. The quantitative estimate of drug-likeness (QED) is 0.231. The number of unbranched alkanes of at least 4 members (excludes halogenated alkanes) is 8. The fourth-order valence-corrected chi connectivity index (χ4v) is 4.25. The third-order valence-corrected chi connectivity index (χ3v) is 6.65. The molecule has 5 rings (SSSR count). The highest BCUT2D eigenvalue weighted by atomic mass is 16.4. The van der Waals surface area contributed by atoms with Gasteiger partial charge in [-0.05, 0) is 6.42 Å². The number of aliphatic carboxylic acids is 1. The van der Waals surface area contributed by atoms with Crippen molar-refractivity contribution in [3.05, 3.63) is 59.6 Å². The number of hydrogen-bond acceptors (Lipinski definition) is 6. The van der Waals surface area contributed by atoms with Crippen LogP contribution in [0.1, 0.15) is 71.1 Å². The summed E-state index contributed by atoms with van der Waals surface area (Å²) in [5, 5.41) is 8.41. The molecule has 0 aromatic heterocycles. The Kier molecular flexibility index (Phi) is 11.7. The van der Waals surface area contributed by atoms with Gasteiger partial charge >= 0.3 is 5.97 Å². The molecule has 1 aliphatic carbocycles. The zero-order valence-electron chi connectivity index (χ0n) is 22.4. The van der Waals surface area contributed by atoms with Crippen LogP contribution in [-0.4, -0.2) is 76.6 Å². The summed E-state index contributed by atoms with van der Waals surface area (Å²) in [5.74, 6) is -0.611. The van der Waals surface area contributed by atoms with Gasteiger partial charge in [-0.1, -0.05) is 94.7 Å². The average Bonchev–Trinajstić information content (AvgIpc) is 3.74. The third kappa shape index (κ3) is 10.4. The zero-order chi connectivity index (χ0) is 26.5. The van der Waals surface area contributed by atoms with Crippen LogP contribution < -0.4 is 0 Å². The lowest BCUT2D eigenvalue weighted by Gasteiger charge is -2.21. The summed E-state index contributed by atoms with van der Waals surface area (Å²) in [6.45, 7) is 7.63. The van der Waals surface area contributed by atoms with Gasteiger partial charge in [0.1, 0.15) is 11.4 Å². The molecule has 4 aliphatic rings. The fraction of sp³-hybridized carbons (Fsp3) is 0.567. The van der Waals surface area contributed by atoms with Gasteiger partial charge in [-0.2, -0.15) is 0 Å². The van der Waals surface area contributed by atoms with Crippen molar-refractivity contribution in [2.24, 2.45) is 0 Å². The predicted molar refractivity (Wildman–Crippen MR) is 146 cm³/mol. The highest BCUT2D eigenvalue weighted by Crippen LogP contribution is 2.33. The Morgan fingerprint density at radius 1 is 0.676 bits per heavy atom. The number of rotatable bonds is 13. The SMILES string of the molecule is CCCCCCCCCCCC(=O)O.O=C1C=C(N2CC2)C(=O)C(N2CC2)=C1N1CC1.c1ccccc1. The largest absolute Gasteiger partial charge is 0.481 e. The number of ketones is 2. The molecule has 1 aromatic carbocycles. The molecule has 1 aromatic rings. The Morgan fingerprint density at radius 2 is 1.11 bits per heavy atom. The first-order chi connectivity index (χ1) is 18.0. The van der Waals surface area contributed by atoms with Crippen molar-refractivity contribution in [2.45, 2.75) is 71.1 Å². The molecule has 7 nitrogen and oxygen atoms in total. The second kappa shape index (κ2) is 15.2. The maximum Gasteiger partial charge on any atom is 0.303 e. The van der Waals surface area contributed by atoms with Crippen LogP contribution in [0, 0.1) is 0 Å². The average molecular weight is 510 g/mol. The highest BCUT2D eigenvalue weighted by Gasteiger charge is 2.43. The summed E-state index contributed by atoms with van der Waals surface area (Å²) < 4.78 is 0. The Morgan fingerprint density at radius 3 is 1.54 bits per heavy atom. The van der Waals surface area contributed by atoms with E-state index in [9.17, 15) is 14.4 Å². The maximum absolute atomic E-state index is 12.4. The van der Waals surface area contributed by atoms with Gasteiger partial charge in [-0.3, -0.25) is 14.4 Å². The zero-order valence-corrected chi connectivity index (χ0v) is 22.4. The number of carboxylic acid groups (broad SMARTS) is 1. The molecule has 0 atom stereocenters. The van der Waals surface area contributed by atoms with Crippen molar-refractivity contribution >= 4 is 17.5 Å². The van der Waals surface area contributed by atoms with Crippen LogP contribution in [0.2, 0.25) is 0 Å². The summed E-state index contributed by atoms with van der Waals surface area (Å²) in [4.78, 5) is 40.7. The summed E-state index contributed by atoms with van der Waals surface area (Å²) in [6, 6.07) is 12.0. The fourth-order valence-electron chi connectivity index (χ4n) is 4.25. The lowest BCUT2D eigenvalue weighted by Crippen LogP contribution is -2.29. The van der Waals surface area contributed by atoms with E-state index in [-0.39, 0.29) is 11.6 Å². The topological polar surface area (TPSA) is 80.5 Å². The van der Waals surface area contributed by atoms with Crippen LogP contribution >= 0.6 is 0 Å². The molecule has 0 amide bonds. The Hall–Kier alpha value is -3.09. The Labute approximate surface area is 221 Å². The van der Waals surface area contributed by atoms with Gasteiger partial charge in [-0.25, -0.2) is 0 Å². The van der Waals surface area contributed by atoms with E-state index in [4.69, 9.17) is 5.11 Å². The minimum atomic E-state index is -0.659. The van der Waals surface area contributed by atoms with Gasteiger partial charge in [0.2, 0.25) is 11.6 Å². The first-order valence-electron chi connectivity index (χ1n) is 14.0. The van der Waals surface area contributed by atoms with Crippen molar-refractivity contribution in [3.8, 4) is 0 Å². The molecule has 37 heavy (non-hydrogen) atoms. The van der Waals surface area contributed by atoms with E-state index in [0.29, 0.717) is 23.5 Å². The van der Waals surface area contributed by atoms with Gasteiger partial charge in [-0.15, -0.1) is 0 Å². The van der Waals surface area contributed by atoms with E-state index < -0.39 is 5.97 Å². The van der Waals surface area contributed by atoms with Crippen LogP contribution in [0.15, 0.2) is 59.6 Å². The Balaban J connectivity index is 0.000000171. The second-order valence-electron chi connectivity index (χ2n) is 10.0. The summed E-state index contributed by atoms with van der Waals surface area (Å²) in [7, 11) is 0. The molecular formula is C30H43N3O4. The van der Waals surface area contributed by atoms with Gasteiger partial charge in [0.15, 0.2) is 0 Å². The van der Waals surface area contributed by atoms with Crippen LogP contribution in [0.4, 0.5) is 0 Å². The molecule has 0 spiro atoms. The predicted octanol–water partition coefficient (Wildman–Crippen LogP) is 4.86. The molecule has 3 fully saturated rings. The first kappa shape index (κ1) is 28.5. The molecule has 0 saturated carbocycles. The smallest absolute Gasteiger partial charge is 0.303 e. The van der Waals surface area contributed by atoms with E-state index in [2.05, 4.69) is 6.92 Å². The molecule has 3 saturated heterocycles. The molecule has 3 aliphatic heterocycles. The van der Waals surface area contributed by atoms with Gasteiger partial charge in [0.05, 0.1) is 5.70 Å². The first-order valence-corrected chi connectivity index (χ1v) is 14.0. The lowest BCUT2D eigenvalue weighted by molar-refractivity contribution is -0.137. The number of Topliss-reactive ketones (excluding diaryl/α,β-unsaturated/α-hetero) is 1. The van der Waals surface area contributed by atoms with Crippen molar-refractivity contribution < 1.29 is 19.5 Å². The molecule has 3 heterocycles. The van der Waals surface area contributed by atoms with Crippen molar-refractivity contribution in [3.63, 3.8) is 0 Å². The molecule has 0 radical (unpaired) electrons. The maximum atomic E-state index is 12.4. The normalized spacial score (nSPS) is 17.4. The van der Waals surface area contributed by atoms with Crippen LogP contribution in [0.25, 0.3) is 0 Å². The minimum Gasteiger partial charge on any atom is -0.481 e. The van der Waals surface area contributed by atoms with Crippen LogP contribution in [0.5, 0.6) is 0 Å². The lowest BCUT2D eigenvalue weighted by atomic mass is 10.0. The molecule has 202 valence electrons. The summed E-state index contributed by atoms with van der Waals surface area (Å²) >= 11 is 0. The molecule has 7 heteroatoms. The van der Waals surface area contributed by atoms with E-state index in [1.807, 2.05) is 51.1 Å². The number of carbonyl (C=O) groups excluding carboxylic acids is 2. The van der Waals surface area contributed by atoms with Crippen molar-refractivity contribution in [2.75, 3.05) is 39.3 Å². The van der Waals surface area contributed by atoms with Crippen LogP contribution in [0.3, 0.4) is 0 Å². The number of allylic oxidation sites excluding steroid dienone is 1. The number of nitrogens with zero attached hydrogens (tertiary/aromatic N) is 3. The van der Waals surface area contributed by atoms with E-state index >= 15 is 0 Å². The van der Waals surface area contributed by atoms with E-state index in [1.54, 1.807) is 0 Å². The van der Waals surface area contributed by atoms with Crippen molar-refractivity contribution in [1.82, 2.24) is 14.7 Å². The minimum absolute atomic E-state index is 0.00546. The number of carbonyl (C=O) groups is 3. The summed E-state index contributed by atoms with van der Waals surface area (Å²) in [6.07, 6.45) is 13.0. The number of carboxylic acids is 1. The highest BCUT2D eigenvalue weighted by molar-refractivity contribution is 6.22. The van der Waals surface area contributed by atoms with E-state index in [1.165, 1.54) is 51.0 Å². The molecular weight excluding hydrogens is 466 g/mol. The van der Waals surface area contributed by atoms with E-state index in [0.717, 1.165) is 52.1 Å². The Bertz CT molecular complexity index is 918. The summed E-state index contributed by atoms with van der Waals surface area (Å²) in [5.41, 5.74) is 1.89. The van der Waals surface area contributed by atoms with Gasteiger partial charge in [0, 0.05) is 51.8 Å².